The molecule has 162 valence electrons. The van der Waals surface area contributed by atoms with Gasteiger partial charge >= 0.3 is 5.69 Å². The van der Waals surface area contributed by atoms with Crippen LogP contribution in [0.3, 0.4) is 0 Å². The molecule has 5 aromatic rings. The highest BCUT2D eigenvalue weighted by atomic mass is 35.5. The molecule has 32 heavy (non-hydrogen) atoms. The van der Waals surface area contributed by atoms with Crippen LogP contribution in [0.2, 0.25) is 5.02 Å². The van der Waals surface area contributed by atoms with E-state index in [1.807, 2.05) is 42.5 Å². The third-order valence-corrected chi connectivity index (χ3v) is 5.98. The molecule has 0 aliphatic heterocycles. The molecule has 5 rings (SSSR count). The van der Waals surface area contributed by atoms with Gasteiger partial charge in [-0.2, -0.15) is 0 Å². The lowest BCUT2D eigenvalue weighted by Crippen LogP contribution is -2.37. The summed E-state index contributed by atoms with van der Waals surface area (Å²) in [5.74, 6) is 1.65. The molecule has 0 saturated carbocycles. The van der Waals surface area contributed by atoms with Crippen LogP contribution in [-0.4, -0.2) is 35.4 Å². The number of hydrogen-bond donors (Lipinski definition) is 0. The van der Waals surface area contributed by atoms with Gasteiger partial charge in [-0.3, -0.25) is 18.5 Å². The summed E-state index contributed by atoms with van der Waals surface area (Å²) in [5.41, 5.74) is 1.49. The Bertz CT molecular complexity index is 1610. The van der Waals surface area contributed by atoms with Gasteiger partial charge in [0.25, 0.3) is 5.56 Å². The van der Waals surface area contributed by atoms with Crippen LogP contribution in [-0.2, 0) is 20.6 Å². The summed E-state index contributed by atoms with van der Waals surface area (Å²) < 4.78 is 11.2. The zero-order valence-corrected chi connectivity index (χ0v) is 18.4. The van der Waals surface area contributed by atoms with Crippen molar-refractivity contribution in [2.24, 2.45) is 14.1 Å². The van der Waals surface area contributed by atoms with Crippen LogP contribution in [0.15, 0.2) is 58.1 Å². The van der Waals surface area contributed by atoms with Crippen LogP contribution in [0.4, 0.5) is 0 Å². The van der Waals surface area contributed by atoms with E-state index in [0.717, 1.165) is 15.7 Å². The maximum atomic E-state index is 13.2. The number of aryl methyl sites for hydroxylation is 1. The molecule has 0 N–H and O–H groups in total. The summed E-state index contributed by atoms with van der Waals surface area (Å²) in [6, 6.07) is 14.7. The van der Waals surface area contributed by atoms with Gasteiger partial charge in [-0.15, -0.1) is 10.2 Å². The average molecular weight is 451 g/mol. The van der Waals surface area contributed by atoms with Crippen LogP contribution in [0, 0.1) is 0 Å². The number of hydrogen-bond acceptors (Lipinski definition) is 5. The van der Waals surface area contributed by atoms with Crippen molar-refractivity contribution in [2.45, 2.75) is 6.54 Å². The highest BCUT2D eigenvalue weighted by molar-refractivity contribution is 6.31. The van der Waals surface area contributed by atoms with Crippen molar-refractivity contribution in [3.63, 3.8) is 0 Å². The molecule has 0 amide bonds. The number of ether oxygens (including phenoxy) is 1. The Morgan fingerprint density at radius 2 is 1.69 bits per heavy atom. The third kappa shape index (κ3) is 2.85. The van der Waals surface area contributed by atoms with E-state index in [9.17, 15) is 9.59 Å². The molecule has 0 aliphatic rings. The Morgan fingerprint density at radius 3 is 2.38 bits per heavy atom. The summed E-state index contributed by atoms with van der Waals surface area (Å²) in [6.45, 7) is 0.293. The van der Waals surface area contributed by atoms with E-state index < -0.39 is 11.2 Å². The first kappa shape index (κ1) is 20.1. The van der Waals surface area contributed by atoms with E-state index in [2.05, 4.69) is 10.2 Å². The highest BCUT2D eigenvalue weighted by Crippen LogP contribution is 2.27. The third-order valence-electron chi connectivity index (χ3n) is 5.61. The van der Waals surface area contributed by atoms with Crippen LogP contribution in [0.5, 0.6) is 5.75 Å². The summed E-state index contributed by atoms with van der Waals surface area (Å²) in [6.07, 6.45) is 0. The number of imidazole rings is 1. The van der Waals surface area contributed by atoms with Crippen LogP contribution in [0.25, 0.3) is 28.3 Å². The van der Waals surface area contributed by atoms with Gasteiger partial charge in [-0.05, 0) is 35.9 Å². The molecule has 0 saturated heterocycles. The predicted molar refractivity (Wildman–Crippen MR) is 122 cm³/mol. The van der Waals surface area contributed by atoms with E-state index in [1.54, 1.807) is 29.2 Å². The zero-order valence-electron chi connectivity index (χ0n) is 17.6. The predicted octanol–water partition coefficient (Wildman–Crippen LogP) is 2.46. The van der Waals surface area contributed by atoms with E-state index >= 15 is 0 Å². The molecule has 0 atom stereocenters. The lowest BCUT2D eigenvalue weighted by atomic mass is 10.2. The van der Waals surface area contributed by atoms with Crippen molar-refractivity contribution in [2.75, 3.05) is 7.11 Å². The van der Waals surface area contributed by atoms with Gasteiger partial charge in [0, 0.05) is 24.7 Å². The fourth-order valence-electron chi connectivity index (χ4n) is 3.93. The molecule has 9 nitrogen and oxygen atoms in total. The lowest BCUT2D eigenvalue weighted by Gasteiger charge is -2.08. The minimum absolute atomic E-state index is 0.293. The Hall–Kier alpha value is -3.85. The molecule has 2 aromatic carbocycles. The zero-order chi connectivity index (χ0) is 22.6. The quantitative estimate of drug-likeness (QED) is 0.419. The van der Waals surface area contributed by atoms with Gasteiger partial charge in [-0.1, -0.05) is 29.8 Å². The first-order chi connectivity index (χ1) is 15.4. The average Bonchev–Trinajstić information content (AvgIpc) is 3.37. The molecular weight excluding hydrogens is 432 g/mol. The first-order valence-electron chi connectivity index (χ1n) is 9.83. The van der Waals surface area contributed by atoms with Crippen molar-refractivity contribution in [1.82, 2.24) is 28.3 Å². The number of fused-ring (bicyclic) bond motifs is 3. The summed E-state index contributed by atoms with van der Waals surface area (Å²) in [4.78, 5) is 26.0. The lowest BCUT2D eigenvalue weighted by molar-refractivity contribution is 0.415. The molecule has 0 unspecified atom stereocenters. The monoisotopic (exact) mass is 450 g/mol. The SMILES string of the molecule is COc1ccc(-c2nnc3n(Cc4ccccc4Cl)c4c(=O)n(C)c(=O)n(C)c4n23)cc1. The van der Waals surface area contributed by atoms with Crippen LogP contribution < -0.4 is 16.0 Å². The number of halogens is 1. The van der Waals surface area contributed by atoms with Crippen molar-refractivity contribution in [1.29, 1.82) is 0 Å². The topological polar surface area (TPSA) is 88.3 Å². The fraction of sp³-hybridized carbons (Fsp3) is 0.182. The molecule has 0 aliphatic carbocycles. The van der Waals surface area contributed by atoms with Gasteiger partial charge in [-0.25, -0.2) is 9.20 Å². The van der Waals surface area contributed by atoms with Gasteiger partial charge in [0.1, 0.15) is 5.75 Å². The molecule has 0 fully saturated rings. The number of aromatic nitrogens is 6. The smallest absolute Gasteiger partial charge is 0.332 e. The number of methoxy groups -OCH3 is 1. The van der Waals surface area contributed by atoms with Crippen LogP contribution >= 0.6 is 11.6 Å². The maximum Gasteiger partial charge on any atom is 0.332 e. The molecular formula is C22H19ClN6O3. The van der Waals surface area contributed by atoms with Crippen molar-refractivity contribution < 1.29 is 4.74 Å². The van der Waals surface area contributed by atoms with E-state index in [0.29, 0.717) is 40.1 Å². The summed E-state index contributed by atoms with van der Waals surface area (Å²) >= 11 is 6.39. The first-order valence-corrected chi connectivity index (χ1v) is 10.2. The Kier molecular flexibility index (Phi) is 4.63. The summed E-state index contributed by atoms with van der Waals surface area (Å²) in [7, 11) is 4.68. The minimum atomic E-state index is -0.436. The second-order valence-corrected chi connectivity index (χ2v) is 7.85. The van der Waals surface area contributed by atoms with Crippen molar-refractivity contribution in [3.05, 3.63) is 80.0 Å². The molecule has 3 heterocycles. The molecule has 0 radical (unpaired) electrons. The highest BCUT2D eigenvalue weighted by Gasteiger charge is 2.24. The molecule has 0 spiro atoms. The largest absolute Gasteiger partial charge is 0.497 e. The van der Waals surface area contributed by atoms with E-state index in [-0.39, 0.29) is 0 Å². The molecule has 10 heteroatoms. The second kappa shape index (κ2) is 7.38. The van der Waals surface area contributed by atoms with Crippen molar-refractivity contribution in [3.8, 4) is 17.1 Å². The van der Waals surface area contributed by atoms with Gasteiger partial charge in [0.05, 0.1) is 13.7 Å². The molecule has 0 bridgehead atoms. The van der Waals surface area contributed by atoms with Crippen molar-refractivity contribution >= 4 is 28.5 Å². The van der Waals surface area contributed by atoms with Gasteiger partial charge in [0.2, 0.25) is 5.78 Å². The Balaban J connectivity index is 1.89. The Labute approximate surface area is 186 Å². The summed E-state index contributed by atoms with van der Waals surface area (Å²) in [5, 5.41) is 9.33. The van der Waals surface area contributed by atoms with E-state index in [1.165, 1.54) is 11.6 Å². The number of nitrogens with zero attached hydrogens (tertiary/aromatic N) is 6. The second-order valence-electron chi connectivity index (χ2n) is 7.44. The van der Waals surface area contributed by atoms with Crippen LogP contribution in [0.1, 0.15) is 5.56 Å². The normalized spacial score (nSPS) is 11.5. The molecule has 3 aromatic heterocycles. The van der Waals surface area contributed by atoms with E-state index in [4.69, 9.17) is 16.3 Å². The standard InChI is InChI=1S/C22H19ClN6O3/c1-26-19-17(20(30)27(2)22(26)31)28(12-14-6-4-5-7-16(14)23)21-25-24-18(29(19)21)13-8-10-15(32-3)11-9-13/h4-11H,12H2,1-3H3. The minimum Gasteiger partial charge on any atom is -0.497 e. The Morgan fingerprint density at radius 1 is 0.969 bits per heavy atom. The number of rotatable bonds is 4. The number of benzene rings is 2. The van der Waals surface area contributed by atoms with Gasteiger partial charge in [0.15, 0.2) is 17.0 Å². The fourth-order valence-corrected chi connectivity index (χ4v) is 4.12. The van der Waals surface area contributed by atoms with Gasteiger partial charge < -0.3 is 4.74 Å². The maximum absolute atomic E-state index is 13.2.